The van der Waals surface area contributed by atoms with Crippen LogP contribution < -0.4 is 0 Å². The molecule has 1 heterocycles. The molecular weight excluding hydrogens is 468 g/mol. The molecule has 0 aromatic rings. The first-order chi connectivity index (χ1) is 16.4. The zero-order valence-corrected chi connectivity index (χ0v) is 20.3. The van der Waals surface area contributed by atoms with Crippen molar-refractivity contribution in [3.63, 3.8) is 0 Å². The molecule has 0 spiro atoms. The highest BCUT2D eigenvalue weighted by Crippen LogP contribution is 2.30. The first kappa shape index (κ1) is 29.9. The predicted molar refractivity (Wildman–Crippen MR) is 116 cm³/mol. The maximum Gasteiger partial charge on any atom is 0.452 e. The number of hydrogen-bond donors (Lipinski definition) is 2. The zero-order valence-electron chi connectivity index (χ0n) is 20.3. The van der Waals surface area contributed by atoms with Crippen molar-refractivity contribution in [2.75, 3.05) is 0 Å². The standard InChI is InChI=1S/C23H32O12/c1-5-9-15(24)21(30,16(25)10-6-2)34-19(28)23(32-13-14-33-23)20(29)35-22(31,17(26)11-7-3)18(27)12-8-4/h13-14,30-31H,5-12H2,1-4H3. The molecule has 12 nitrogen and oxygen atoms in total. The largest absolute Gasteiger partial charge is 0.452 e. The topological polar surface area (TPSA) is 180 Å². The van der Waals surface area contributed by atoms with E-state index >= 15 is 0 Å². The monoisotopic (exact) mass is 500 g/mol. The van der Waals surface area contributed by atoms with E-state index in [2.05, 4.69) is 0 Å². The van der Waals surface area contributed by atoms with Crippen molar-refractivity contribution in [2.24, 2.45) is 0 Å². The van der Waals surface area contributed by atoms with Gasteiger partial charge in [-0.15, -0.1) is 0 Å². The molecule has 1 aliphatic rings. The number of carbonyl (C=O) groups is 6. The van der Waals surface area contributed by atoms with Crippen LogP contribution >= 0.6 is 0 Å². The van der Waals surface area contributed by atoms with Gasteiger partial charge in [0.25, 0.3) is 0 Å². The van der Waals surface area contributed by atoms with Crippen molar-refractivity contribution < 1.29 is 57.9 Å². The fraction of sp³-hybridized carbons (Fsp3) is 0.652. The summed E-state index contributed by atoms with van der Waals surface area (Å²) in [6.07, 6.45) is 0.867. The Morgan fingerprint density at radius 3 is 1.11 bits per heavy atom. The molecule has 0 aromatic heterocycles. The summed E-state index contributed by atoms with van der Waals surface area (Å²) >= 11 is 0. The summed E-state index contributed by atoms with van der Waals surface area (Å²) in [6.45, 7) is 6.32. The number of Topliss-reactive ketones (excluding diaryl/α,β-unsaturated/α-hetero) is 4. The molecule has 0 atom stereocenters. The molecule has 1 rings (SSSR count). The maximum atomic E-state index is 13.0. The van der Waals surface area contributed by atoms with Gasteiger partial charge in [0.2, 0.25) is 23.1 Å². The van der Waals surface area contributed by atoms with Crippen molar-refractivity contribution in [3.8, 4) is 0 Å². The molecule has 12 heteroatoms. The van der Waals surface area contributed by atoms with Crippen LogP contribution in [-0.4, -0.2) is 62.6 Å². The van der Waals surface area contributed by atoms with Crippen molar-refractivity contribution in [3.05, 3.63) is 12.5 Å². The predicted octanol–water partition coefficient (Wildman–Crippen LogP) is 1.14. The summed E-state index contributed by atoms with van der Waals surface area (Å²) in [6, 6.07) is 0. The fourth-order valence-corrected chi connectivity index (χ4v) is 3.08. The molecule has 2 N–H and O–H groups in total. The van der Waals surface area contributed by atoms with Crippen LogP contribution in [0, 0.1) is 0 Å². The van der Waals surface area contributed by atoms with Crippen molar-refractivity contribution in [1.29, 1.82) is 0 Å². The minimum Gasteiger partial charge on any atom is -0.439 e. The number of ketones is 4. The van der Waals surface area contributed by atoms with Crippen LogP contribution in [0.1, 0.15) is 79.1 Å². The Morgan fingerprint density at radius 1 is 0.629 bits per heavy atom. The van der Waals surface area contributed by atoms with Gasteiger partial charge < -0.3 is 29.2 Å². The van der Waals surface area contributed by atoms with Crippen LogP contribution in [0.25, 0.3) is 0 Å². The van der Waals surface area contributed by atoms with Gasteiger partial charge in [-0.05, 0) is 25.7 Å². The van der Waals surface area contributed by atoms with Gasteiger partial charge in [-0.25, -0.2) is 9.59 Å². The van der Waals surface area contributed by atoms with E-state index in [1.54, 1.807) is 27.7 Å². The Morgan fingerprint density at radius 2 is 0.886 bits per heavy atom. The maximum absolute atomic E-state index is 13.0. The van der Waals surface area contributed by atoms with Crippen molar-refractivity contribution in [1.82, 2.24) is 0 Å². The molecule has 0 aromatic carbocycles. The smallest absolute Gasteiger partial charge is 0.439 e. The van der Waals surface area contributed by atoms with Crippen LogP contribution in [0.3, 0.4) is 0 Å². The first-order valence-corrected chi connectivity index (χ1v) is 11.4. The van der Waals surface area contributed by atoms with Crippen LogP contribution in [0.4, 0.5) is 0 Å². The minimum absolute atomic E-state index is 0.200. The summed E-state index contributed by atoms with van der Waals surface area (Å²) in [5.74, 6) is -18.0. The van der Waals surface area contributed by atoms with Gasteiger partial charge in [0.15, 0.2) is 0 Å². The van der Waals surface area contributed by atoms with Gasteiger partial charge in [-0.2, -0.15) is 0 Å². The number of hydrogen-bond acceptors (Lipinski definition) is 12. The molecule has 0 fully saturated rings. The summed E-state index contributed by atoms with van der Waals surface area (Å²) in [7, 11) is 0. The van der Waals surface area contributed by atoms with E-state index in [4.69, 9.17) is 18.9 Å². The van der Waals surface area contributed by atoms with Crippen LogP contribution in [0.2, 0.25) is 0 Å². The van der Waals surface area contributed by atoms with E-state index in [1.807, 2.05) is 0 Å². The van der Waals surface area contributed by atoms with Gasteiger partial charge in [-0.1, -0.05) is 27.7 Å². The minimum atomic E-state index is -3.25. The first-order valence-electron chi connectivity index (χ1n) is 11.4. The molecule has 0 unspecified atom stereocenters. The number of carbonyl (C=O) groups excluding carboxylic acids is 6. The second-order valence-electron chi connectivity index (χ2n) is 7.88. The number of esters is 2. The summed E-state index contributed by atoms with van der Waals surface area (Å²) < 4.78 is 19.4. The van der Waals surface area contributed by atoms with E-state index in [-0.39, 0.29) is 51.4 Å². The average Bonchev–Trinajstić information content (AvgIpc) is 3.31. The number of ether oxygens (including phenoxy) is 4. The normalized spacial score (nSPS) is 14.5. The van der Waals surface area contributed by atoms with E-state index in [1.165, 1.54) is 0 Å². The number of aliphatic hydroxyl groups is 2. The summed E-state index contributed by atoms with van der Waals surface area (Å²) in [5, 5.41) is 21.4. The van der Waals surface area contributed by atoms with E-state index in [0.29, 0.717) is 12.5 Å². The van der Waals surface area contributed by atoms with E-state index in [9.17, 15) is 39.0 Å². The second kappa shape index (κ2) is 12.5. The molecule has 1 aliphatic heterocycles. The molecule has 0 bridgehead atoms. The molecule has 0 saturated heterocycles. The Bertz CT molecular complexity index is 766. The molecular formula is C23H32O12. The molecule has 0 aliphatic carbocycles. The lowest BCUT2D eigenvalue weighted by Gasteiger charge is -2.31. The Hall–Kier alpha value is -3.12. The highest BCUT2D eigenvalue weighted by Gasteiger charge is 2.63. The van der Waals surface area contributed by atoms with Crippen LogP contribution in [0.15, 0.2) is 12.5 Å². The number of rotatable bonds is 16. The lowest BCUT2D eigenvalue weighted by molar-refractivity contribution is -0.256. The average molecular weight is 500 g/mol. The van der Waals surface area contributed by atoms with Gasteiger partial charge >= 0.3 is 29.3 Å². The highest BCUT2D eigenvalue weighted by atomic mass is 16.8. The zero-order chi connectivity index (χ0) is 26.9. The summed E-state index contributed by atoms with van der Waals surface area (Å²) in [4.78, 5) is 75.8. The van der Waals surface area contributed by atoms with E-state index in [0.717, 1.165) is 0 Å². The van der Waals surface area contributed by atoms with Crippen molar-refractivity contribution in [2.45, 2.75) is 96.4 Å². The Labute approximate surface area is 202 Å². The molecule has 0 radical (unpaired) electrons. The van der Waals surface area contributed by atoms with Gasteiger partial charge in [0, 0.05) is 25.7 Å². The molecule has 196 valence electrons. The van der Waals surface area contributed by atoms with Gasteiger partial charge in [-0.3, -0.25) is 19.2 Å². The lowest BCUT2D eigenvalue weighted by atomic mass is 9.99. The molecule has 0 amide bonds. The lowest BCUT2D eigenvalue weighted by Crippen LogP contribution is -2.60. The summed E-state index contributed by atoms with van der Waals surface area (Å²) in [5.41, 5.74) is 0. The third-order valence-corrected chi connectivity index (χ3v) is 4.96. The quantitative estimate of drug-likeness (QED) is 0.175. The van der Waals surface area contributed by atoms with Crippen LogP contribution in [-0.2, 0) is 47.7 Å². The Balaban J connectivity index is 3.38. The molecule has 0 saturated carbocycles. The van der Waals surface area contributed by atoms with Crippen molar-refractivity contribution >= 4 is 35.1 Å². The fourth-order valence-electron chi connectivity index (χ4n) is 3.08. The highest BCUT2D eigenvalue weighted by molar-refractivity contribution is 6.13. The SMILES string of the molecule is CCCC(=O)C(O)(OC(=O)C1(C(=O)OC(O)(C(=O)CCC)C(=O)CCC)OC=CO1)C(=O)CCC. The third kappa shape index (κ3) is 6.31. The second-order valence-corrected chi connectivity index (χ2v) is 7.88. The Kier molecular flexibility index (Phi) is 10.7. The third-order valence-electron chi connectivity index (χ3n) is 4.96. The van der Waals surface area contributed by atoms with Gasteiger partial charge in [0.05, 0.1) is 0 Å². The molecule has 35 heavy (non-hydrogen) atoms. The van der Waals surface area contributed by atoms with Crippen LogP contribution in [0.5, 0.6) is 0 Å². The van der Waals surface area contributed by atoms with Gasteiger partial charge in [0.1, 0.15) is 12.5 Å². The van der Waals surface area contributed by atoms with E-state index < -0.39 is 52.4 Å².